The van der Waals surface area contributed by atoms with Crippen LogP contribution in [0.3, 0.4) is 0 Å². The van der Waals surface area contributed by atoms with Crippen molar-refractivity contribution in [2.75, 3.05) is 0 Å². The smallest absolute Gasteiger partial charge is 0.212 e. The van der Waals surface area contributed by atoms with E-state index in [0.717, 1.165) is 17.7 Å². The van der Waals surface area contributed by atoms with Crippen molar-refractivity contribution in [3.8, 4) is 0 Å². The lowest BCUT2D eigenvalue weighted by molar-refractivity contribution is 0.102. The average Bonchev–Trinajstić information content (AvgIpc) is 2.82. The maximum absolute atomic E-state index is 12.5. The van der Waals surface area contributed by atoms with Crippen molar-refractivity contribution in [2.24, 2.45) is 0 Å². The molecule has 2 aromatic heterocycles. The molecule has 2 rings (SSSR count). The van der Waals surface area contributed by atoms with Crippen LogP contribution in [-0.4, -0.2) is 20.5 Å². The zero-order valence-electron chi connectivity index (χ0n) is 11.0. The molecule has 0 aliphatic rings. The molecule has 0 fully saturated rings. The summed E-state index contributed by atoms with van der Waals surface area (Å²) in [6.07, 6.45) is 4.15. The van der Waals surface area contributed by atoms with E-state index in [-0.39, 0.29) is 5.78 Å². The van der Waals surface area contributed by atoms with Gasteiger partial charge in [0.25, 0.3) is 0 Å². The van der Waals surface area contributed by atoms with E-state index in [1.807, 2.05) is 32.9 Å². The highest BCUT2D eigenvalue weighted by atomic mass is 16.1. The number of ketones is 1. The lowest BCUT2D eigenvalue weighted by atomic mass is 10.1. The van der Waals surface area contributed by atoms with Crippen molar-refractivity contribution in [2.45, 2.75) is 33.7 Å². The number of pyridine rings is 1. The van der Waals surface area contributed by atoms with Gasteiger partial charge in [0.05, 0.1) is 5.69 Å². The third-order valence-electron chi connectivity index (χ3n) is 3.01. The normalized spacial score (nSPS) is 10.6. The zero-order chi connectivity index (χ0) is 13.1. The van der Waals surface area contributed by atoms with Crippen LogP contribution in [0, 0.1) is 6.92 Å². The number of carbonyl (C=O) groups is 1. The largest absolute Gasteiger partial charge is 0.287 e. The van der Waals surface area contributed by atoms with Crippen molar-refractivity contribution in [1.29, 1.82) is 0 Å². The molecule has 0 aromatic carbocycles. The van der Waals surface area contributed by atoms with Crippen LogP contribution in [0.15, 0.2) is 24.5 Å². The van der Waals surface area contributed by atoms with Gasteiger partial charge in [-0.25, -0.2) is 0 Å². The highest BCUT2D eigenvalue weighted by Gasteiger charge is 2.17. The summed E-state index contributed by atoms with van der Waals surface area (Å²) in [5, 5.41) is 4.40. The highest BCUT2D eigenvalue weighted by molar-refractivity contribution is 6.08. The molecular formula is C14H17N3O. The van der Waals surface area contributed by atoms with Crippen LogP contribution < -0.4 is 0 Å². The fourth-order valence-corrected chi connectivity index (χ4v) is 1.91. The monoisotopic (exact) mass is 243 g/mol. The molecule has 0 bridgehead atoms. The molecule has 0 amide bonds. The third-order valence-corrected chi connectivity index (χ3v) is 3.01. The fraction of sp³-hybridized carbons (Fsp3) is 0.357. The molecule has 0 saturated carbocycles. The van der Waals surface area contributed by atoms with Crippen LogP contribution in [0.1, 0.15) is 41.2 Å². The predicted molar refractivity (Wildman–Crippen MR) is 69.7 cm³/mol. The molecule has 2 heterocycles. The molecule has 0 radical (unpaired) electrons. The summed E-state index contributed by atoms with van der Waals surface area (Å²) in [6.45, 7) is 6.63. The number of hydrogen-bond acceptors (Lipinski definition) is 3. The summed E-state index contributed by atoms with van der Waals surface area (Å²) < 4.78 is 1.76. The molecule has 0 aliphatic heterocycles. The lowest BCUT2D eigenvalue weighted by Gasteiger charge is -2.05. The van der Waals surface area contributed by atoms with E-state index < -0.39 is 0 Å². The molecule has 0 aliphatic carbocycles. The molecule has 0 spiro atoms. The topological polar surface area (TPSA) is 47.8 Å². The van der Waals surface area contributed by atoms with E-state index in [9.17, 15) is 4.79 Å². The molecule has 0 saturated heterocycles. The Bertz CT molecular complexity index is 572. The van der Waals surface area contributed by atoms with Gasteiger partial charge in [-0.15, -0.1) is 0 Å². The van der Waals surface area contributed by atoms with Gasteiger partial charge in [-0.1, -0.05) is 6.92 Å². The van der Waals surface area contributed by atoms with Crippen molar-refractivity contribution < 1.29 is 4.79 Å². The Morgan fingerprint density at radius 2 is 2.17 bits per heavy atom. The van der Waals surface area contributed by atoms with E-state index in [2.05, 4.69) is 10.1 Å². The first-order valence-electron chi connectivity index (χ1n) is 6.19. The molecule has 4 heteroatoms. The van der Waals surface area contributed by atoms with Crippen LogP contribution in [0.5, 0.6) is 0 Å². The number of aromatic nitrogens is 3. The lowest BCUT2D eigenvalue weighted by Crippen LogP contribution is -2.11. The van der Waals surface area contributed by atoms with E-state index in [0.29, 0.717) is 17.8 Å². The summed E-state index contributed by atoms with van der Waals surface area (Å²) in [5.41, 5.74) is 3.18. The van der Waals surface area contributed by atoms with Crippen molar-refractivity contribution in [3.05, 3.63) is 47.0 Å². The molecule has 18 heavy (non-hydrogen) atoms. The molecule has 4 nitrogen and oxygen atoms in total. The minimum atomic E-state index is -0.00495. The molecule has 2 aromatic rings. The Hall–Kier alpha value is -1.97. The zero-order valence-corrected chi connectivity index (χ0v) is 11.0. The van der Waals surface area contributed by atoms with Crippen LogP contribution in [0.2, 0.25) is 0 Å². The number of carbonyl (C=O) groups excluding carboxylic acids is 1. The number of hydrogen-bond donors (Lipinski definition) is 0. The highest BCUT2D eigenvalue weighted by Crippen LogP contribution is 2.14. The number of rotatable bonds is 4. The minimum Gasteiger partial charge on any atom is -0.287 e. The molecule has 0 atom stereocenters. The summed E-state index contributed by atoms with van der Waals surface area (Å²) in [5.74, 6) is -0.00495. The average molecular weight is 243 g/mol. The third kappa shape index (κ3) is 2.18. The molecular weight excluding hydrogens is 226 g/mol. The van der Waals surface area contributed by atoms with Crippen LogP contribution in [0.4, 0.5) is 0 Å². The summed E-state index contributed by atoms with van der Waals surface area (Å²) in [4.78, 5) is 16.5. The van der Waals surface area contributed by atoms with Gasteiger partial charge in [0, 0.05) is 24.5 Å². The van der Waals surface area contributed by atoms with Gasteiger partial charge in [0.2, 0.25) is 5.78 Å². The Balaban J connectivity index is 2.46. The van der Waals surface area contributed by atoms with Gasteiger partial charge in [0.15, 0.2) is 0 Å². The van der Waals surface area contributed by atoms with Crippen LogP contribution >= 0.6 is 0 Å². The van der Waals surface area contributed by atoms with Gasteiger partial charge in [-0.05, 0) is 38.0 Å². The molecule has 94 valence electrons. The van der Waals surface area contributed by atoms with Gasteiger partial charge < -0.3 is 0 Å². The molecule has 0 unspecified atom stereocenters. The fourth-order valence-electron chi connectivity index (χ4n) is 1.91. The van der Waals surface area contributed by atoms with E-state index in [1.165, 1.54) is 0 Å². The summed E-state index contributed by atoms with van der Waals surface area (Å²) >= 11 is 0. The number of nitrogens with zero attached hydrogens (tertiary/aromatic N) is 3. The Kier molecular flexibility index (Phi) is 3.55. The SMILES string of the molecule is CCc1cc(C(=O)c2cnccc2C)n(CC)n1. The van der Waals surface area contributed by atoms with Crippen molar-refractivity contribution in [1.82, 2.24) is 14.8 Å². The van der Waals surface area contributed by atoms with Gasteiger partial charge in [-0.3, -0.25) is 14.5 Å². The first kappa shape index (κ1) is 12.5. The number of aryl methyl sites for hydroxylation is 3. The first-order chi connectivity index (χ1) is 8.67. The van der Waals surface area contributed by atoms with Gasteiger partial charge in [0.1, 0.15) is 5.69 Å². The quantitative estimate of drug-likeness (QED) is 0.775. The summed E-state index contributed by atoms with van der Waals surface area (Å²) in [6, 6.07) is 3.72. The second kappa shape index (κ2) is 5.12. The van der Waals surface area contributed by atoms with Crippen molar-refractivity contribution >= 4 is 5.78 Å². The maximum Gasteiger partial charge on any atom is 0.212 e. The first-order valence-corrected chi connectivity index (χ1v) is 6.19. The second-order valence-corrected chi connectivity index (χ2v) is 4.21. The van der Waals surface area contributed by atoms with Crippen LogP contribution in [-0.2, 0) is 13.0 Å². The predicted octanol–water partition coefficient (Wildman–Crippen LogP) is 2.40. The Morgan fingerprint density at radius 1 is 1.39 bits per heavy atom. The van der Waals surface area contributed by atoms with E-state index in [4.69, 9.17) is 0 Å². The summed E-state index contributed by atoms with van der Waals surface area (Å²) in [7, 11) is 0. The minimum absolute atomic E-state index is 0.00495. The maximum atomic E-state index is 12.5. The Labute approximate surface area is 107 Å². The molecule has 0 N–H and O–H groups in total. The van der Waals surface area contributed by atoms with Gasteiger partial charge >= 0.3 is 0 Å². The second-order valence-electron chi connectivity index (χ2n) is 4.21. The van der Waals surface area contributed by atoms with E-state index in [1.54, 1.807) is 17.1 Å². The standard InChI is InChI=1S/C14H17N3O/c1-4-11-8-13(17(5-2)16-11)14(18)12-9-15-7-6-10(12)3/h6-9H,4-5H2,1-3H3. The Morgan fingerprint density at radius 3 is 2.78 bits per heavy atom. The van der Waals surface area contributed by atoms with E-state index >= 15 is 0 Å². The van der Waals surface area contributed by atoms with Gasteiger partial charge in [-0.2, -0.15) is 5.10 Å². The van der Waals surface area contributed by atoms with Crippen LogP contribution in [0.25, 0.3) is 0 Å². The van der Waals surface area contributed by atoms with Crippen molar-refractivity contribution in [3.63, 3.8) is 0 Å².